The maximum absolute atomic E-state index is 12.9. The van der Waals surface area contributed by atoms with Crippen molar-refractivity contribution in [2.24, 2.45) is 11.8 Å². The molecule has 8 nitrogen and oxygen atoms in total. The van der Waals surface area contributed by atoms with Gasteiger partial charge in [0.2, 0.25) is 5.91 Å². The summed E-state index contributed by atoms with van der Waals surface area (Å²) in [6.45, 7) is 8.67. The molecule has 5 rings (SSSR count). The van der Waals surface area contributed by atoms with E-state index in [1.165, 1.54) is 23.3 Å². The first-order chi connectivity index (χ1) is 22.8. The number of rotatable bonds is 13. The highest BCUT2D eigenvalue weighted by atomic mass is 32.2. The van der Waals surface area contributed by atoms with E-state index in [4.69, 9.17) is 9.47 Å². The maximum Gasteiger partial charge on any atom is 0.264 e. The van der Waals surface area contributed by atoms with Gasteiger partial charge in [0.25, 0.3) is 10.0 Å². The van der Waals surface area contributed by atoms with Crippen LogP contribution in [0.3, 0.4) is 0 Å². The van der Waals surface area contributed by atoms with Gasteiger partial charge >= 0.3 is 0 Å². The van der Waals surface area contributed by atoms with Crippen molar-refractivity contribution in [2.75, 3.05) is 14.2 Å². The van der Waals surface area contributed by atoms with Gasteiger partial charge in [-0.1, -0.05) is 57.2 Å². The Morgan fingerprint density at radius 1 is 0.979 bits per heavy atom. The smallest absolute Gasteiger partial charge is 0.264 e. The van der Waals surface area contributed by atoms with Gasteiger partial charge in [-0.15, -0.1) is 0 Å². The molecular weight excluding hydrogens is 625 g/mol. The molecule has 3 aromatic carbocycles. The fourth-order valence-corrected chi connectivity index (χ4v) is 7.79. The number of nitrogens with one attached hydrogen (secondary N) is 1. The summed E-state index contributed by atoms with van der Waals surface area (Å²) < 4.78 is 41.2. The van der Waals surface area contributed by atoms with Crippen LogP contribution in [0, 0.1) is 18.8 Å². The molecule has 2 atom stereocenters. The summed E-state index contributed by atoms with van der Waals surface area (Å²) >= 11 is 0. The summed E-state index contributed by atoms with van der Waals surface area (Å²) in [5.41, 5.74) is 6.19. The highest BCUT2D eigenvalue weighted by molar-refractivity contribution is 7.90. The zero-order valence-corrected chi connectivity index (χ0v) is 29.6. The molecular formula is C39H48N2O6S. The molecule has 9 heteroatoms. The van der Waals surface area contributed by atoms with Crippen molar-refractivity contribution in [1.29, 1.82) is 0 Å². The van der Waals surface area contributed by atoms with Crippen LogP contribution in [0.5, 0.6) is 11.5 Å². The highest BCUT2D eigenvalue weighted by Crippen LogP contribution is 2.39. The monoisotopic (exact) mass is 672 g/mol. The van der Waals surface area contributed by atoms with Crippen molar-refractivity contribution >= 4 is 15.9 Å². The molecule has 0 spiro atoms. The van der Waals surface area contributed by atoms with E-state index >= 15 is 0 Å². The molecule has 1 amide bonds. The largest absolute Gasteiger partial charge is 0.496 e. The van der Waals surface area contributed by atoms with Gasteiger partial charge in [0, 0.05) is 36.8 Å². The lowest BCUT2D eigenvalue weighted by Gasteiger charge is -2.27. The molecule has 0 bridgehead atoms. The second-order valence-corrected chi connectivity index (χ2v) is 15.7. The van der Waals surface area contributed by atoms with Gasteiger partial charge in [-0.3, -0.25) is 4.79 Å². The standard InChI is InChI=1S/C39H48N2O6S/c1-26-35(46-5)22-31(23-36(26)47-6)38(43)32(21-28-19-29-9-7-8-10-30(29)20-28)25-41-18-17-27(24-41)11-16-37(42)40-48(44,45)34-14-12-33(13-15-34)39(2,3)4/h7-10,12-15,17-18,22-24,28,32,38,43H,11,16,19-21,25H2,1-6H3,(H,40,42)/t32-,38-/m1/s1. The Morgan fingerprint density at radius 3 is 2.15 bits per heavy atom. The van der Waals surface area contributed by atoms with Gasteiger partial charge in [0.05, 0.1) is 25.2 Å². The van der Waals surface area contributed by atoms with Crippen LogP contribution < -0.4 is 14.2 Å². The molecule has 4 aromatic rings. The summed E-state index contributed by atoms with van der Waals surface area (Å²) in [4.78, 5) is 12.8. The van der Waals surface area contributed by atoms with E-state index in [1.54, 1.807) is 26.4 Å². The number of aromatic nitrogens is 1. The van der Waals surface area contributed by atoms with Crippen LogP contribution in [-0.4, -0.2) is 38.2 Å². The molecule has 0 saturated heterocycles. The van der Waals surface area contributed by atoms with Gasteiger partial charge in [0.1, 0.15) is 11.5 Å². The Hall–Kier alpha value is -4.08. The van der Waals surface area contributed by atoms with Crippen LogP contribution in [0.25, 0.3) is 0 Å². The zero-order valence-electron chi connectivity index (χ0n) is 28.8. The lowest BCUT2D eigenvalue weighted by Crippen LogP contribution is -2.30. The van der Waals surface area contributed by atoms with Crippen molar-refractivity contribution in [3.63, 3.8) is 0 Å². The van der Waals surface area contributed by atoms with E-state index in [1.807, 2.05) is 37.5 Å². The van der Waals surface area contributed by atoms with Crippen LogP contribution in [0.4, 0.5) is 0 Å². The summed E-state index contributed by atoms with van der Waals surface area (Å²) in [5.74, 6) is 1.07. The van der Waals surface area contributed by atoms with E-state index in [9.17, 15) is 18.3 Å². The fraction of sp³-hybridized carbons (Fsp3) is 0.410. The van der Waals surface area contributed by atoms with Gasteiger partial charge in [-0.05, 0) is 102 Å². The van der Waals surface area contributed by atoms with Crippen LogP contribution in [0.2, 0.25) is 0 Å². The van der Waals surface area contributed by atoms with Crippen LogP contribution >= 0.6 is 0 Å². The molecule has 1 aliphatic rings. The van der Waals surface area contributed by atoms with E-state index in [0.717, 1.165) is 41.5 Å². The molecule has 1 aromatic heterocycles. The molecule has 0 unspecified atom stereocenters. The number of sulfonamides is 1. The Morgan fingerprint density at radius 2 is 1.58 bits per heavy atom. The summed E-state index contributed by atoms with van der Waals surface area (Å²) in [6, 6.07) is 20.9. The number of nitrogens with zero attached hydrogens (tertiary/aromatic N) is 1. The number of hydrogen-bond donors (Lipinski definition) is 2. The number of carbonyl (C=O) groups is 1. The van der Waals surface area contributed by atoms with Gasteiger partial charge in [-0.25, -0.2) is 13.1 Å². The number of amides is 1. The number of fused-ring (bicyclic) bond motifs is 1. The zero-order chi connectivity index (χ0) is 34.6. The van der Waals surface area contributed by atoms with Crippen LogP contribution in [0.15, 0.2) is 84.0 Å². The Labute approximate surface area is 285 Å². The van der Waals surface area contributed by atoms with E-state index in [0.29, 0.717) is 30.4 Å². The Bertz CT molecular complexity index is 1790. The predicted octanol–water partition coefficient (Wildman–Crippen LogP) is 6.70. The molecule has 0 fully saturated rings. The lowest BCUT2D eigenvalue weighted by molar-refractivity contribution is -0.119. The van der Waals surface area contributed by atoms with E-state index < -0.39 is 22.0 Å². The minimum absolute atomic E-state index is 0.0264. The first kappa shape index (κ1) is 35.2. The number of aryl methyl sites for hydroxylation is 1. The minimum Gasteiger partial charge on any atom is -0.496 e. The van der Waals surface area contributed by atoms with Crippen molar-refractivity contribution < 1.29 is 27.8 Å². The molecule has 2 N–H and O–H groups in total. The highest BCUT2D eigenvalue weighted by Gasteiger charge is 2.30. The second-order valence-electron chi connectivity index (χ2n) is 14.1. The number of carbonyl (C=O) groups excluding carboxylic acids is 1. The third-order valence-corrected chi connectivity index (χ3v) is 10.9. The van der Waals surface area contributed by atoms with Gasteiger partial charge in [-0.2, -0.15) is 0 Å². The topological polar surface area (TPSA) is 107 Å². The van der Waals surface area contributed by atoms with Crippen molar-refractivity contribution in [3.05, 3.63) is 113 Å². The Balaban J connectivity index is 1.26. The molecule has 48 heavy (non-hydrogen) atoms. The Kier molecular flexibility index (Phi) is 10.7. The van der Waals surface area contributed by atoms with Gasteiger partial charge < -0.3 is 19.1 Å². The first-order valence-electron chi connectivity index (χ1n) is 16.6. The molecule has 0 saturated carbocycles. The predicted molar refractivity (Wildman–Crippen MR) is 188 cm³/mol. The second kappa shape index (κ2) is 14.6. The van der Waals surface area contributed by atoms with Crippen molar-refractivity contribution in [1.82, 2.24) is 9.29 Å². The number of methoxy groups -OCH3 is 2. The normalized spacial score (nSPS) is 14.7. The maximum atomic E-state index is 12.9. The summed E-state index contributed by atoms with van der Waals surface area (Å²) in [7, 11) is -0.732. The first-order valence-corrected chi connectivity index (χ1v) is 18.0. The van der Waals surface area contributed by atoms with E-state index in [2.05, 4.69) is 54.3 Å². The van der Waals surface area contributed by atoms with Crippen LogP contribution in [0.1, 0.15) is 73.1 Å². The number of hydrogen-bond acceptors (Lipinski definition) is 6. The molecule has 1 heterocycles. The number of aliphatic hydroxyl groups is 1. The molecule has 0 aliphatic heterocycles. The average Bonchev–Trinajstić information content (AvgIpc) is 3.69. The SMILES string of the molecule is COc1cc([C@@H](O)[C@H](CC2Cc3ccccc3C2)Cn2ccc(CCC(=O)NS(=O)(=O)c3ccc(C(C)(C)C)cc3)c2)cc(OC)c1C. The fourth-order valence-electron chi connectivity index (χ4n) is 6.77. The number of ether oxygens (including phenoxy) is 2. The average molecular weight is 673 g/mol. The molecule has 256 valence electrons. The van der Waals surface area contributed by atoms with Crippen molar-refractivity contribution in [3.8, 4) is 11.5 Å². The molecule has 1 aliphatic carbocycles. The van der Waals surface area contributed by atoms with Crippen LogP contribution in [-0.2, 0) is 46.0 Å². The number of aliphatic hydroxyl groups excluding tert-OH is 1. The summed E-state index contributed by atoms with van der Waals surface area (Å²) in [5, 5.41) is 11.9. The minimum atomic E-state index is -3.97. The quantitative estimate of drug-likeness (QED) is 0.164. The number of benzene rings is 3. The van der Waals surface area contributed by atoms with Gasteiger partial charge in [0.15, 0.2) is 0 Å². The van der Waals surface area contributed by atoms with E-state index in [-0.39, 0.29) is 22.6 Å². The summed E-state index contributed by atoms with van der Waals surface area (Å²) in [6.07, 6.45) is 6.36. The molecule has 0 radical (unpaired) electrons. The third-order valence-electron chi connectivity index (χ3n) is 9.51. The van der Waals surface area contributed by atoms with Crippen molar-refractivity contribution in [2.45, 2.75) is 82.8 Å². The third kappa shape index (κ3) is 8.31. The lowest BCUT2D eigenvalue weighted by atomic mass is 9.85.